The van der Waals surface area contributed by atoms with Gasteiger partial charge in [0.2, 0.25) is 5.91 Å². The fraction of sp³-hybridized carbons (Fsp3) is 0.462. The summed E-state index contributed by atoms with van der Waals surface area (Å²) in [5.74, 6) is -0.0326. The van der Waals surface area contributed by atoms with Gasteiger partial charge in [-0.2, -0.15) is 8.78 Å². The number of benzene rings is 1. The highest BCUT2D eigenvalue weighted by Gasteiger charge is 2.06. The number of hydrogen-bond donors (Lipinski definition) is 2. The van der Waals surface area contributed by atoms with E-state index >= 15 is 0 Å². The van der Waals surface area contributed by atoms with Gasteiger partial charge in [-0.3, -0.25) is 4.79 Å². The van der Waals surface area contributed by atoms with Gasteiger partial charge in [0.15, 0.2) is 0 Å². The summed E-state index contributed by atoms with van der Waals surface area (Å²) < 4.78 is 28.4. The monoisotopic (exact) mass is 308 g/mol. The third-order valence-corrected chi connectivity index (χ3v) is 2.44. The fourth-order valence-electron chi connectivity index (χ4n) is 1.48. The zero-order valence-electron chi connectivity index (χ0n) is 11.1. The fourth-order valence-corrected chi connectivity index (χ4v) is 1.48. The summed E-state index contributed by atoms with van der Waals surface area (Å²) in [5.41, 5.74) is 6.25. The van der Waals surface area contributed by atoms with Crippen molar-refractivity contribution in [3.05, 3.63) is 29.8 Å². The molecule has 0 saturated carbocycles. The molecule has 1 rings (SSSR count). The Morgan fingerprint density at radius 2 is 2.15 bits per heavy atom. The largest absolute Gasteiger partial charge is 0.435 e. The minimum atomic E-state index is -2.85. The van der Waals surface area contributed by atoms with Crippen LogP contribution in [-0.2, 0) is 11.3 Å². The highest BCUT2D eigenvalue weighted by molar-refractivity contribution is 5.85. The Morgan fingerprint density at radius 3 is 2.75 bits per heavy atom. The average molecular weight is 309 g/mol. The number of nitrogens with two attached hydrogens (primary N) is 1. The Bertz CT molecular complexity index is 417. The molecule has 114 valence electrons. The molecule has 0 saturated heterocycles. The van der Waals surface area contributed by atoms with E-state index in [2.05, 4.69) is 10.1 Å². The first-order valence-electron chi connectivity index (χ1n) is 6.03. The van der Waals surface area contributed by atoms with Gasteiger partial charge in [-0.1, -0.05) is 12.1 Å². The van der Waals surface area contributed by atoms with Gasteiger partial charge >= 0.3 is 6.61 Å². The summed E-state index contributed by atoms with van der Waals surface area (Å²) in [6, 6.07) is 6.21. The highest BCUT2D eigenvalue weighted by Crippen LogP contribution is 2.15. The molecule has 3 N–H and O–H groups in total. The molecule has 0 aliphatic heterocycles. The second kappa shape index (κ2) is 9.50. The molecule has 0 aliphatic rings. The standard InChI is InChI=1S/C13H18F2N2O2.ClH/c1-9(16)5-6-12(18)17-8-10-3-2-4-11(7-10)19-13(14)15;/h2-4,7,9,13H,5-6,8,16H2,1H3,(H,17,18);1H. The maximum atomic E-state index is 12.0. The van der Waals surface area contributed by atoms with Crippen LogP contribution in [0.15, 0.2) is 24.3 Å². The minimum absolute atomic E-state index is 0. The van der Waals surface area contributed by atoms with Crippen molar-refractivity contribution in [3.63, 3.8) is 0 Å². The molecule has 0 aliphatic carbocycles. The zero-order chi connectivity index (χ0) is 14.3. The first-order chi connectivity index (χ1) is 8.97. The molecule has 0 radical (unpaired) electrons. The smallest absolute Gasteiger partial charge is 0.387 e. The molecule has 0 heterocycles. The number of amides is 1. The van der Waals surface area contributed by atoms with E-state index < -0.39 is 6.61 Å². The van der Waals surface area contributed by atoms with Crippen molar-refractivity contribution in [1.29, 1.82) is 0 Å². The SMILES string of the molecule is CC(N)CCC(=O)NCc1cccc(OC(F)F)c1.Cl. The van der Waals surface area contributed by atoms with Crippen molar-refractivity contribution >= 4 is 18.3 Å². The molecule has 1 amide bonds. The summed E-state index contributed by atoms with van der Waals surface area (Å²) >= 11 is 0. The Labute approximate surface area is 123 Å². The Morgan fingerprint density at radius 1 is 1.45 bits per heavy atom. The van der Waals surface area contributed by atoms with E-state index in [1.165, 1.54) is 12.1 Å². The number of rotatable bonds is 7. The van der Waals surface area contributed by atoms with E-state index in [-0.39, 0.29) is 36.7 Å². The molecule has 1 unspecified atom stereocenters. The van der Waals surface area contributed by atoms with Crippen molar-refractivity contribution < 1.29 is 18.3 Å². The van der Waals surface area contributed by atoms with Crippen molar-refractivity contribution in [2.45, 2.75) is 39.0 Å². The van der Waals surface area contributed by atoms with Gasteiger partial charge in [0.05, 0.1) is 0 Å². The van der Waals surface area contributed by atoms with Crippen LogP contribution in [0.4, 0.5) is 8.78 Å². The molecule has 1 atom stereocenters. The predicted octanol–water partition coefficient (Wildman–Crippen LogP) is 2.45. The van der Waals surface area contributed by atoms with E-state index in [0.717, 1.165) is 0 Å². The molecule has 1 aromatic rings. The van der Waals surface area contributed by atoms with Crippen LogP contribution >= 0.6 is 12.4 Å². The van der Waals surface area contributed by atoms with Crippen molar-refractivity contribution in [1.82, 2.24) is 5.32 Å². The van der Waals surface area contributed by atoms with Crippen LogP contribution in [0.3, 0.4) is 0 Å². The van der Waals surface area contributed by atoms with Crippen LogP contribution in [-0.4, -0.2) is 18.6 Å². The lowest BCUT2D eigenvalue weighted by atomic mass is 10.2. The topological polar surface area (TPSA) is 64.4 Å². The van der Waals surface area contributed by atoms with E-state index in [1.54, 1.807) is 12.1 Å². The lowest BCUT2D eigenvalue weighted by molar-refractivity contribution is -0.121. The first kappa shape index (κ1) is 18.6. The molecule has 0 spiro atoms. The number of nitrogens with one attached hydrogen (secondary N) is 1. The molecular formula is C13H19ClF2N2O2. The first-order valence-corrected chi connectivity index (χ1v) is 6.03. The quantitative estimate of drug-likeness (QED) is 0.813. The molecule has 0 bridgehead atoms. The summed E-state index contributed by atoms with van der Waals surface area (Å²) in [7, 11) is 0. The summed E-state index contributed by atoms with van der Waals surface area (Å²) in [5, 5.41) is 2.70. The maximum Gasteiger partial charge on any atom is 0.387 e. The van der Waals surface area contributed by atoms with E-state index in [9.17, 15) is 13.6 Å². The average Bonchev–Trinajstić information content (AvgIpc) is 2.33. The molecule has 20 heavy (non-hydrogen) atoms. The van der Waals surface area contributed by atoms with Gasteiger partial charge in [-0.25, -0.2) is 0 Å². The van der Waals surface area contributed by atoms with E-state index in [0.29, 0.717) is 18.4 Å². The number of halogens is 3. The van der Waals surface area contributed by atoms with Crippen LogP contribution in [0.2, 0.25) is 0 Å². The molecule has 0 fully saturated rings. The van der Waals surface area contributed by atoms with Crippen molar-refractivity contribution in [2.24, 2.45) is 5.73 Å². The molecule has 4 nitrogen and oxygen atoms in total. The lowest BCUT2D eigenvalue weighted by Crippen LogP contribution is -2.25. The number of ether oxygens (including phenoxy) is 1. The third-order valence-electron chi connectivity index (χ3n) is 2.44. The normalized spacial score (nSPS) is 11.7. The second-order valence-electron chi connectivity index (χ2n) is 4.32. The van der Waals surface area contributed by atoms with Crippen LogP contribution in [0.5, 0.6) is 5.75 Å². The Kier molecular flexibility index (Phi) is 8.83. The Hall–Kier alpha value is -1.40. The van der Waals surface area contributed by atoms with Crippen LogP contribution < -0.4 is 15.8 Å². The van der Waals surface area contributed by atoms with E-state index in [4.69, 9.17) is 5.73 Å². The van der Waals surface area contributed by atoms with Gasteiger partial charge in [-0.15, -0.1) is 12.4 Å². The molecule has 7 heteroatoms. The zero-order valence-corrected chi connectivity index (χ0v) is 12.0. The van der Waals surface area contributed by atoms with Gasteiger partial charge < -0.3 is 15.8 Å². The van der Waals surface area contributed by atoms with Gasteiger partial charge in [0.25, 0.3) is 0 Å². The summed E-state index contributed by atoms with van der Waals surface area (Å²) in [6.07, 6.45) is 0.964. The number of carbonyl (C=O) groups excluding carboxylic acids is 1. The van der Waals surface area contributed by atoms with Crippen molar-refractivity contribution in [3.8, 4) is 5.75 Å². The Balaban J connectivity index is 0.00000361. The van der Waals surface area contributed by atoms with Crippen LogP contribution in [0.25, 0.3) is 0 Å². The van der Waals surface area contributed by atoms with Gasteiger partial charge in [-0.05, 0) is 31.0 Å². The minimum Gasteiger partial charge on any atom is -0.435 e. The second-order valence-corrected chi connectivity index (χ2v) is 4.32. The lowest BCUT2D eigenvalue weighted by Gasteiger charge is -2.09. The summed E-state index contributed by atoms with van der Waals surface area (Å²) in [4.78, 5) is 11.5. The number of carbonyl (C=O) groups is 1. The maximum absolute atomic E-state index is 12.0. The number of alkyl halides is 2. The third kappa shape index (κ3) is 7.91. The van der Waals surface area contributed by atoms with Crippen LogP contribution in [0, 0.1) is 0 Å². The number of hydrogen-bond acceptors (Lipinski definition) is 3. The summed E-state index contributed by atoms with van der Waals surface area (Å²) in [6.45, 7) is -0.743. The molecule has 0 aromatic heterocycles. The highest BCUT2D eigenvalue weighted by atomic mass is 35.5. The predicted molar refractivity (Wildman–Crippen MR) is 75.1 cm³/mol. The van der Waals surface area contributed by atoms with Crippen molar-refractivity contribution in [2.75, 3.05) is 0 Å². The van der Waals surface area contributed by atoms with E-state index in [1.807, 2.05) is 6.92 Å². The molecule has 1 aromatic carbocycles. The van der Waals surface area contributed by atoms with Gasteiger partial charge in [0.1, 0.15) is 5.75 Å². The van der Waals surface area contributed by atoms with Crippen LogP contribution in [0.1, 0.15) is 25.3 Å². The molecular weight excluding hydrogens is 290 g/mol. The van der Waals surface area contributed by atoms with Gasteiger partial charge in [0, 0.05) is 19.0 Å².